The van der Waals surface area contributed by atoms with Crippen LogP contribution in [0.2, 0.25) is 0 Å². The van der Waals surface area contributed by atoms with Gasteiger partial charge in [-0.1, -0.05) is 47.8 Å². The summed E-state index contributed by atoms with van der Waals surface area (Å²) in [6.45, 7) is 2.60. The van der Waals surface area contributed by atoms with Crippen LogP contribution >= 0.6 is 15.9 Å². The topological polar surface area (TPSA) is 89.3 Å². The average Bonchev–Trinajstić information content (AvgIpc) is 2.44. The van der Waals surface area contributed by atoms with Crippen LogP contribution in [0.15, 0.2) is 29.2 Å². The SMILES string of the molecule is CCCCC(Br)C(=O)NCCc1ccc(S(N)(=O)=O)cc1. The van der Waals surface area contributed by atoms with E-state index in [0.29, 0.717) is 13.0 Å². The normalized spacial score (nSPS) is 12.9. The van der Waals surface area contributed by atoms with Crippen LogP contribution in [-0.2, 0) is 21.2 Å². The van der Waals surface area contributed by atoms with Crippen molar-refractivity contribution < 1.29 is 13.2 Å². The number of amides is 1. The Bertz CT molecular complexity index is 558. The number of primary sulfonamides is 1. The minimum atomic E-state index is -3.65. The first-order valence-corrected chi connectivity index (χ1v) is 9.34. The van der Waals surface area contributed by atoms with Crippen molar-refractivity contribution >= 4 is 31.9 Å². The van der Waals surface area contributed by atoms with Crippen LogP contribution in [0.1, 0.15) is 31.7 Å². The van der Waals surface area contributed by atoms with Crippen LogP contribution in [0.4, 0.5) is 0 Å². The third-order valence-electron chi connectivity index (χ3n) is 3.06. The molecule has 0 fully saturated rings. The number of sulfonamides is 1. The van der Waals surface area contributed by atoms with Crippen LogP contribution < -0.4 is 10.5 Å². The number of hydrogen-bond acceptors (Lipinski definition) is 3. The molecule has 1 amide bonds. The van der Waals surface area contributed by atoms with Gasteiger partial charge in [0.05, 0.1) is 9.72 Å². The number of nitrogens with two attached hydrogens (primary N) is 1. The zero-order valence-corrected chi connectivity index (χ0v) is 14.4. The first-order valence-electron chi connectivity index (χ1n) is 6.88. The second kappa shape index (κ2) is 8.51. The molecular weight excluding hydrogens is 356 g/mol. The third kappa shape index (κ3) is 6.58. The molecule has 0 bridgehead atoms. The maximum absolute atomic E-state index is 11.8. The lowest BCUT2D eigenvalue weighted by atomic mass is 10.1. The molecule has 0 aliphatic rings. The number of carbonyl (C=O) groups excluding carboxylic acids is 1. The zero-order valence-electron chi connectivity index (χ0n) is 12.0. The Kier molecular flexibility index (Phi) is 7.34. The second-order valence-electron chi connectivity index (χ2n) is 4.84. The molecule has 3 N–H and O–H groups in total. The molecule has 0 aromatic heterocycles. The number of nitrogens with one attached hydrogen (secondary N) is 1. The summed E-state index contributed by atoms with van der Waals surface area (Å²) in [6, 6.07) is 6.35. The van der Waals surface area contributed by atoms with Gasteiger partial charge in [-0.3, -0.25) is 4.79 Å². The molecule has 0 heterocycles. The Balaban J connectivity index is 2.41. The molecule has 1 rings (SSSR count). The summed E-state index contributed by atoms with van der Waals surface area (Å²) in [6.07, 6.45) is 3.54. The Labute approximate surface area is 134 Å². The molecule has 1 unspecified atom stereocenters. The Morgan fingerprint density at radius 1 is 1.33 bits per heavy atom. The van der Waals surface area contributed by atoms with Crippen LogP contribution in [0.25, 0.3) is 0 Å². The summed E-state index contributed by atoms with van der Waals surface area (Å²) >= 11 is 3.37. The fourth-order valence-electron chi connectivity index (χ4n) is 1.80. The van der Waals surface area contributed by atoms with Gasteiger partial charge in [-0.05, 0) is 30.5 Å². The van der Waals surface area contributed by atoms with Crippen molar-refractivity contribution in [1.29, 1.82) is 0 Å². The molecule has 21 heavy (non-hydrogen) atoms. The van der Waals surface area contributed by atoms with Gasteiger partial charge in [0.1, 0.15) is 0 Å². The minimum Gasteiger partial charge on any atom is -0.355 e. The monoisotopic (exact) mass is 376 g/mol. The molecule has 0 radical (unpaired) electrons. The van der Waals surface area contributed by atoms with Gasteiger partial charge in [-0.15, -0.1) is 0 Å². The largest absolute Gasteiger partial charge is 0.355 e. The van der Waals surface area contributed by atoms with E-state index in [0.717, 1.165) is 24.8 Å². The lowest BCUT2D eigenvalue weighted by Crippen LogP contribution is -2.32. The molecule has 7 heteroatoms. The fraction of sp³-hybridized carbons (Fsp3) is 0.500. The third-order valence-corrected chi connectivity index (χ3v) is 4.86. The Morgan fingerprint density at radius 3 is 2.48 bits per heavy atom. The number of rotatable bonds is 8. The van der Waals surface area contributed by atoms with Crippen molar-refractivity contribution in [1.82, 2.24) is 5.32 Å². The number of alkyl halides is 1. The molecule has 0 saturated carbocycles. The van der Waals surface area contributed by atoms with Crippen molar-refractivity contribution in [2.24, 2.45) is 5.14 Å². The number of unbranched alkanes of at least 4 members (excludes halogenated alkanes) is 1. The van der Waals surface area contributed by atoms with Crippen LogP contribution in [0.3, 0.4) is 0 Å². The number of hydrogen-bond donors (Lipinski definition) is 2. The van der Waals surface area contributed by atoms with E-state index in [4.69, 9.17) is 5.14 Å². The quantitative estimate of drug-likeness (QED) is 0.679. The summed E-state index contributed by atoms with van der Waals surface area (Å²) in [4.78, 5) is 11.7. The van der Waals surface area contributed by atoms with E-state index in [-0.39, 0.29) is 15.6 Å². The fourth-order valence-corrected chi connectivity index (χ4v) is 2.80. The molecule has 5 nitrogen and oxygen atoms in total. The Morgan fingerprint density at radius 2 is 1.95 bits per heavy atom. The van der Waals surface area contributed by atoms with E-state index < -0.39 is 10.0 Å². The highest BCUT2D eigenvalue weighted by Gasteiger charge is 2.13. The molecule has 118 valence electrons. The lowest BCUT2D eigenvalue weighted by Gasteiger charge is -2.10. The van der Waals surface area contributed by atoms with Crippen molar-refractivity contribution in [2.75, 3.05) is 6.54 Å². The zero-order chi connectivity index (χ0) is 15.9. The number of halogens is 1. The molecular formula is C14H21BrN2O3S. The summed E-state index contributed by atoms with van der Waals surface area (Å²) in [5, 5.41) is 7.89. The summed E-state index contributed by atoms with van der Waals surface area (Å²) in [7, 11) is -3.65. The first-order chi connectivity index (χ1) is 9.84. The second-order valence-corrected chi connectivity index (χ2v) is 7.51. The van der Waals surface area contributed by atoms with Gasteiger partial charge in [-0.25, -0.2) is 13.6 Å². The molecule has 1 aromatic rings. The van der Waals surface area contributed by atoms with Crippen molar-refractivity contribution in [3.8, 4) is 0 Å². The first kappa shape index (κ1) is 18.1. The van der Waals surface area contributed by atoms with E-state index in [2.05, 4.69) is 28.2 Å². The number of benzene rings is 1. The predicted octanol–water partition coefficient (Wildman–Crippen LogP) is 1.95. The van der Waals surface area contributed by atoms with Crippen molar-refractivity contribution in [2.45, 2.75) is 42.3 Å². The van der Waals surface area contributed by atoms with Crippen molar-refractivity contribution in [3.63, 3.8) is 0 Å². The molecule has 1 aromatic carbocycles. The van der Waals surface area contributed by atoms with Gasteiger partial charge in [-0.2, -0.15) is 0 Å². The highest BCUT2D eigenvalue weighted by atomic mass is 79.9. The van der Waals surface area contributed by atoms with Crippen LogP contribution in [0, 0.1) is 0 Å². The standard InChI is InChI=1S/C14H21BrN2O3S/c1-2-3-4-13(15)14(18)17-10-9-11-5-7-12(8-6-11)21(16,19)20/h5-8,13H,2-4,9-10H2,1H3,(H,17,18)(H2,16,19,20). The van der Waals surface area contributed by atoms with Gasteiger partial charge in [0.15, 0.2) is 0 Å². The van der Waals surface area contributed by atoms with E-state index in [1.165, 1.54) is 12.1 Å². The van der Waals surface area contributed by atoms with Crippen LogP contribution in [0.5, 0.6) is 0 Å². The molecule has 0 saturated heterocycles. The molecule has 0 aliphatic carbocycles. The average molecular weight is 377 g/mol. The predicted molar refractivity (Wildman–Crippen MR) is 86.8 cm³/mol. The van der Waals surface area contributed by atoms with Gasteiger partial charge >= 0.3 is 0 Å². The van der Waals surface area contributed by atoms with E-state index in [1.54, 1.807) is 12.1 Å². The minimum absolute atomic E-state index is 0.00962. The highest BCUT2D eigenvalue weighted by molar-refractivity contribution is 9.10. The maximum Gasteiger partial charge on any atom is 0.238 e. The maximum atomic E-state index is 11.8. The van der Waals surface area contributed by atoms with E-state index in [9.17, 15) is 13.2 Å². The van der Waals surface area contributed by atoms with Gasteiger partial charge in [0, 0.05) is 6.54 Å². The number of carbonyl (C=O) groups is 1. The van der Waals surface area contributed by atoms with E-state index >= 15 is 0 Å². The Hall–Kier alpha value is -0.920. The smallest absolute Gasteiger partial charge is 0.238 e. The summed E-state index contributed by atoms with van der Waals surface area (Å²) in [5.41, 5.74) is 0.947. The molecule has 1 atom stereocenters. The van der Waals surface area contributed by atoms with Gasteiger partial charge in [0.2, 0.25) is 15.9 Å². The molecule has 0 aliphatic heterocycles. The molecule has 0 spiro atoms. The van der Waals surface area contributed by atoms with Gasteiger partial charge < -0.3 is 5.32 Å². The van der Waals surface area contributed by atoms with E-state index in [1.807, 2.05) is 0 Å². The van der Waals surface area contributed by atoms with Gasteiger partial charge in [0.25, 0.3) is 0 Å². The van der Waals surface area contributed by atoms with Crippen LogP contribution in [-0.4, -0.2) is 25.7 Å². The summed E-state index contributed by atoms with van der Waals surface area (Å²) in [5.74, 6) is -0.00962. The van der Waals surface area contributed by atoms with Crippen molar-refractivity contribution in [3.05, 3.63) is 29.8 Å². The lowest BCUT2D eigenvalue weighted by molar-refractivity contribution is -0.120. The highest BCUT2D eigenvalue weighted by Crippen LogP contribution is 2.11. The summed E-state index contributed by atoms with van der Waals surface area (Å²) < 4.78 is 22.2.